The number of anilines is 2. The molecule has 200 valence electrons. The van der Waals surface area contributed by atoms with Gasteiger partial charge in [-0.15, -0.1) is 0 Å². The third kappa shape index (κ3) is 6.99. The van der Waals surface area contributed by atoms with Gasteiger partial charge in [0.15, 0.2) is 0 Å². The molecule has 1 fully saturated rings. The number of nitrogens with zero attached hydrogens (tertiary/aromatic N) is 1. The minimum Gasteiger partial charge on any atom is -0.480 e. The van der Waals surface area contributed by atoms with Gasteiger partial charge in [0.1, 0.15) is 11.9 Å². The molecule has 0 radical (unpaired) electrons. The van der Waals surface area contributed by atoms with Gasteiger partial charge in [-0.2, -0.15) is 4.72 Å². The highest BCUT2D eigenvalue weighted by Crippen LogP contribution is 2.22. The van der Waals surface area contributed by atoms with Crippen molar-refractivity contribution in [3.8, 4) is 0 Å². The van der Waals surface area contributed by atoms with Crippen LogP contribution in [0.5, 0.6) is 0 Å². The van der Waals surface area contributed by atoms with Gasteiger partial charge < -0.3 is 25.6 Å². The van der Waals surface area contributed by atoms with Crippen LogP contribution >= 0.6 is 0 Å². The molecule has 1 saturated heterocycles. The van der Waals surface area contributed by atoms with Crippen LogP contribution in [-0.4, -0.2) is 62.1 Å². The van der Waals surface area contributed by atoms with Crippen molar-refractivity contribution in [2.75, 3.05) is 29.9 Å². The number of nitrogens with one attached hydrogen (secondary N) is 4. The van der Waals surface area contributed by atoms with Crippen LogP contribution in [0.25, 0.3) is 0 Å². The summed E-state index contributed by atoms with van der Waals surface area (Å²) in [5.74, 6) is -1.26. The largest absolute Gasteiger partial charge is 0.480 e. The quantitative estimate of drug-likeness (QED) is 0.260. The Bertz CT molecular complexity index is 1430. The van der Waals surface area contributed by atoms with Crippen molar-refractivity contribution >= 4 is 33.4 Å². The Morgan fingerprint density at radius 3 is 2.45 bits per heavy atom. The van der Waals surface area contributed by atoms with Gasteiger partial charge in [0.2, 0.25) is 15.6 Å². The normalized spacial score (nSPS) is 16.4. The molecule has 0 bridgehead atoms. The summed E-state index contributed by atoms with van der Waals surface area (Å²) in [5, 5.41) is 15.3. The van der Waals surface area contributed by atoms with Gasteiger partial charge in [0, 0.05) is 43.0 Å². The number of aromatic amines is 1. The zero-order chi connectivity index (χ0) is 27.1. The highest BCUT2D eigenvalue weighted by Gasteiger charge is 2.26. The lowest BCUT2D eigenvalue weighted by atomic mass is 10.0. The van der Waals surface area contributed by atoms with Crippen LogP contribution in [0.3, 0.4) is 0 Å². The van der Waals surface area contributed by atoms with Crippen molar-refractivity contribution in [3.05, 3.63) is 88.7 Å². The summed E-state index contributed by atoms with van der Waals surface area (Å²) in [6, 6.07) is 17.9. The summed E-state index contributed by atoms with van der Waals surface area (Å²) in [6.07, 6.45) is 1.90. The molecule has 1 amide bonds. The molecule has 3 aromatic rings. The van der Waals surface area contributed by atoms with Gasteiger partial charge >= 0.3 is 5.97 Å². The average Bonchev–Trinajstić information content (AvgIpc) is 2.91. The molecule has 2 heterocycles. The van der Waals surface area contributed by atoms with Gasteiger partial charge in [-0.25, -0.2) is 8.42 Å². The van der Waals surface area contributed by atoms with Crippen molar-refractivity contribution in [2.24, 2.45) is 0 Å². The molecule has 12 heteroatoms. The zero-order valence-corrected chi connectivity index (χ0v) is 21.3. The van der Waals surface area contributed by atoms with E-state index in [0.717, 1.165) is 25.1 Å². The lowest BCUT2D eigenvalue weighted by Crippen LogP contribution is -2.48. The second-order valence-corrected chi connectivity index (χ2v) is 10.7. The predicted octanol–water partition coefficient (Wildman–Crippen LogP) is 1.62. The maximum absolute atomic E-state index is 12.6. The molecule has 0 spiro atoms. The van der Waals surface area contributed by atoms with Gasteiger partial charge in [-0.05, 0) is 55.3 Å². The topological polar surface area (TPSA) is 161 Å². The second-order valence-electron chi connectivity index (χ2n) is 8.94. The first-order valence-electron chi connectivity index (χ1n) is 12.1. The number of hydrogen-bond acceptors (Lipinski definition) is 7. The van der Waals surface area contributed by atoms with Gasteiger partial charge in [0.05, 0.1) is 4.90 Å². The van der Waals surface area contributed by atoms with Crippen LogP contribution in [0.4, 0.5) is 11.5 Å². The summed E-state index contributed by atoms with van der Waals surface area (Å²) in [4.78, 5) is 40.7. The SMILES string of the molecule is O=C(NCC(NS(=O)(=O)c1ccccc1)C(=O)O)c1ccc(N2CCCC(Nc3cccc(=O)[nH]3)C2)cc1. The number of benzene rings is 2. The number of carboxylic acids is 1. The predicted molar refractivity (Wildman–Crippen MR) is 143 cm³/mol. The van der Waals surface area contributed by atoms with Crippen molar-refractivity contribution in [1.29, 1.82) is 0 Å². The molecule has 5 N–H and O–H groups in total. The van der Waals surface area contributed by atoms with Crippen LogP contribution < -0.4 is 25.8 Å². The Hall–Kier alpha value is -4.16. The van der Waals surface area contributed by atoms with E-state index < -0.39 is 34.5 Å². The molecule has 2 aromatic carbocycles. The van der Waals surface area contributed by atoms with Gasteiger partial charge in [-0.1, -0.05) is 24.3 Å². The van der Waals surface area contributed by atoms with E-state index in [1.165, 1.54) is 30.3 Å². The average molecular weight is 540 g/mol. The van der Waals surface area contributed by atoms with E-state index in [9.17, 15) is 27.9 Å². The lowest BCUT2D eigenvalue weighted by molar-refractivity contribution is -0.138. The van der Waals surface area contributed by atoms with E-state index in [0.29, 0.717) is 17.9 Å². The molecule has 1 aliphatic heterocycles. The van der Waals surface area contributed by atoms with Gasteiger partial charge in [0.25, 0.3) is 5.91 Å². The highest BCUT2D eigenvalue weighted by molar-refractivity contribution is 7.89. The summed E-state index contributed by atoms with van der Waals surface area (Å²) in [5.41, 5.74) is 1.07. The number of carbonyl (C=O) groups excluding carboxylic acids is 1. The Kier molecular flexibility index (Phi) is 8.44. The second kappa shape index (κ2) is 11.9. The molecular formula is C26H29N5O6S. The van der Waals surface area contributed by atoms with Crippen LogP contribution in [0.1, 0.15) is 23.2 Å². The number of aromatic nitrogens is 1. The molecule has 4 rings (SSSR count). The van der Waals surface area contributed by atoms with E-state index in [4.69, 9.17) is 0 Å². The first-order valence-corrected chi connectivity index (χ1v) is 13.6. The fourth-order valence-electron chi connectivity index (χ4n) is 4.24. The summed E-state index contributed by atoms with van der Waals surface area (Å²) < 4.78 is 27.1. The molecule has 2 atom stereocenters. The summed E-state index contributed by atoms with van der Waals surface area (Å²) in [7, 11) is -4.07. The van der Waals surface area contributed by atoms with Crippen LogP contribution in [-0.2, 0) is 14.8 Å². The van der Waals surface area contributed by atoms with Crippen molar-refractivity contribution in [3.63, 3.8) is 0 Å². The molecule has 1 aliphatic rings. The molecule has 2 unspecified atom stereocenters. The third-order valence-corrected chi connectivity index (χ3v) is 7.65. The first-order chi connectivity index (χ1) is 18.2. The number of sulfonamides is 1. The number of pyridine rings is 1. The monoisotopic (exact) mass is 539 g/mol. The van der Waals surface area contributed by atoms with Crippen LogP contribution in [0.15, 0.2) is 82.5 Å². The van der Waals surface area contributed by atoms with E-state index in [2.05, 4.69) is 25.2 Å². The summed E-state index contributed by atoms with van der Waals surface area (Å²) >= 11 is 0. The van der Waals surface area contributed by atoms with Crippen molar-refractivity contribution < 1.29 is 23.1 Å². The third-order valence-electron chi connectivity index (χ3n) is 6.16. The molecular weight excluding hydrogens is 510 g/mol. The maximum atomic E-state index is 12.6. The molecule has 38 heavy (non-hydrogen) atoms. The fraction of sp³-hybridized carbons (Fsp3) is 0.269. The van der Waals surface area contributed by atoms with Crippen molar-refractivity contribution in [2.45, 2.75) is 29.8 Å². The minimum absolute atomic E-state index is 0.0691. The molecule has 11 nitrogen and oxygen atoms in total. The Morgan fingerprint density at radius 2 is 1.76 bits per heavy atom. The van der Waals surface area contributed by atoms with Crippen molar-refractivity contribution in [1.82, 2.24) is 15.0 Å². The summed E-state index contributed by atoms with van der Waals surface area (Å²) in [6.45, 7) is 1.13. The zero-order valence-electron chi connectivity index (χ0n) is 20.5. The number of aliphatic carboxylic acids is 1. The first kappa shape index (κ1) is 26.9. The smallest absolute Gasteiger partial charge is 0.323 e. The number of carbonyl (C=O) groups is 2. The number of amides is 1. The number of piperidine rings is 1. The number of hydrogen-bond donors (Lipinski definition) is 5. The van der Waals surface area contributed by atoms with Gasteiger partial charge in [-0.3, -0.25) is 14.4 Å². The van der Waals surface area contributed by atoms with E-state index in [1.807, 2.05) is 18.2 Å². The minimum atomic E-state index is -4.07. The highest BCUT2D eigenvalue weighted by atomic mass is 32.2. The van der Waals surface area contributed by atoms with E-state index in [1.54, 1.807) is 24.3 Å². The lowest BCUT2D eigenvalue weighted by Gasteiger charge is -2.35. The molecule has 0 saturated carbocycles. The fourth-order valence-corrected chi connectivity index (χ4v) is 5.45. The Morgan fingerprint density at radius 1 is 1.03 bits per heavy atom. The number of rotatable bonds is 10. The Labute approximate surface area is 219 Å². The molecule has 1 aromatic heterocycles. The van der Waals surface area contributed by atoms with Crippen LogP contribution in [0, 0.1) is 0 Å². The maximum Gasteiger partial charge on any atom is 0.323 e. The Balaban J connectivity index is 1.34. The molecule has 0 aliphatic carbocycles. The standard InChI is InChI=1S/C26H29N5O6S/c32-24-10-4-9-23(29-24)28-19-6-5-15-31(17-19)20-13-11-18(12-14-20)25(33)27-16-22(26(34)35)30-38(36,37)21-7-2-1-3-8-21/h1-4,7-14,19,22,30H,5-6,15-17H2,(H,27,33)(H,34,35)(H2,28,29,32). The van der Waals surface area contributed by atoms with E-state index >= 15 is 0 Å². The van der Waals surface area contributed by atoms with E-state index in [-0.39, 0.29) is 16.5 Å². The van der Waals surface area contributed by atoms with Crippen LogP contribution in [0.2, 0.25) is 0 Å². The number of carboxylic acid groups (broad SMARTS) is 1. The number of H-pyrrole nitrogens is 1.